The van der Waals surface area contributed by atoms with Crippen molar-refractivity contribution >= 4 is 17.7 Å². The average Bonchev–Trinajstić information content (AvgIpc) is 2.07. The molecule has 0 heterocycles. The molecule has 0 radical (unpaired) electrons. The predicted molar refractivity (Wildman–Crippen MR) is 49.4 cm³/mol. The van der Waals surface area contributed by atoms with Crippen molar-refractivity contribution in [2.75, 3.05) is 19.2 Å². The molecule has 3 nitrogen and oxygen atoms in total. The molecule has 0 atom stereocenters. The fourth-order valence-corrected chi connectivity index (χ4v) is 0.924. The van der Waals surface area contributed by atoms with E-state index in [-0.39, 0.29) is 12.1 Å². The smallest absolute Gasteiger partial charge is 0.410 e. The van der Waals surface area contributed by atoms with Crippen LogP contribution < -0.4 is 0 Å². The van der Waals surface area contributed by atoms with Gasteiger partial charge in [-0.15, -0.1) is 11.6 Å². The molecule has 12 heavy (non-hydrogen) atoms. The van der Waals surface area contributed by atoms with Crippen LogP contribution in [0.1, 0.15) is 26.7 Å². The predicted octanol–water partition coefficient (Wildman–Crippen LogP) is 2.44. The van der Waals surface area contributed by atoms with Gasteiger partial charge in [0, 0.05) is 6.54 Å². The Morgan fingerprint density at radius 3 is 2.58 bits per heavy atom. The van der Waals surface area contributed by atoms with Crippen molar-refractivity contribution in [2.45, 2.75) is 26.7 Å². The van der Waals surface area contributed by atoms with Gasteiger partial charge in [-0.1, -0.05) is 13.3 Å². The second kappa shape index (κ2) is 7.22. The van der Waals surface area contributed by atoms with E-state index in [0.29, 0.717) is 13.2 Å². The number of rotatable bonds is 5. The van der Waals surface area contributed by atoms with E-state index >= 15 is 0 Å². The molecule has 0 unspecified atom stereocenters. The SMILES string of the molecule is CCCCOC(=O)N(CC)CCl. The summed E-state index contributed by atoms with van der Waals surface area (Å²) < 4.78 is 4.93. The molecular formula is C8H16ClNO2. The minimum absolute atomic E-state index is 0.196. The van der Waals surface area contributed by atoms with E-state index in [0.717, 1.165) is 12.8 Å². The third-order valence-corrected chi connectivity index (χ3v) is 1.80. The maximum absolute atomic E-state index is 11.1. The van der Waals surface area contributed by atoms with Crippen LogP contribution in [0, 0.1) is 0 Å². The number of ether oxygens (including phenoxy) is 1. The average molecular weight is 194 g/mol. The first-order chi connectivity index (χ1) is 5.76. The van der Waals surface area contributed by atoms with E-state index < -0.39 is 0 Å². The second-order valence-electron chi connectivity index (χ2n) is 2.44. The van der Waals surface area contributed by atoms with Crippen LogP contribution >= 0.6 is 11.6 Å². The van der Waals surface area contributed by atoms with E-state index in [4.69, 9.17) is 16.3 Å². The number of amides is 1. The number of nitrogens with zero attached hydrogens (tertiary/aromatic N) is 1. The summed E-state index contributed by atoms with van der Waals surface area (Å²) in [4.78, 5) is 12.5. The Hall–Kier alpha value is -0.440. The third kappa shape index (κ3) is 4.44. The molecule has 0 rings (SSSR count). The molecule has 0 spiro atoms. The van der Waals surface area contributed by atoms with Gasteiger partial charge in [0.15, 0.2) is 0 Å². The van der Waals surface area contributed by atoms with E-state index in [9.17, 15) is 4.79 Å². The number of unbranched alkanes of at least 4 members (excludes halogenated alkanes) is 1. The lowest BCUT2D eigenvalue weighted by Crippen LogP contribution is -2.30. The summed E-state index contributed by atoms with van der Waals surface area (Å²) in [6.45, 7) is 4.99. The zero-order chi connectivity index (χ0) is 9.40. The Balaban J connectivity index is 3.54. The quantitative estimate of drug-likeness (QED) is 0.381. The van der Waals surface area contributed by atoms with Gasteiger partial charge in [0.05, 0.1) is 12.6 Å². The summed E-state index contributed by atoms with van der Waals surface area (Å²) in [6.07, 6.45) is 1.62. The highest BCUT2D eigenvalue weighted by Gasteiger charge is 2.09. The third-order valence-electron chi connectivity index (χ3n) is 1.51. The van der Waals surface area contributed by atoms with Crippen LogP contribution in [-0.4, -0.2) is 30.1 Å². The molecule has 0 aliphatic carbocycles. The number of halogens is 1. The maximum Gasteiger partial charge on any atom is 0.410 e. The Morgan fingerprint density at radius 1 is 1.50 bits per heavy atom. The van der Waals surface area contributed by atoms with Crippen LogP contribution in [0.25, 0.3) is 0 Å². The minimum Gasteiger partial charge on any atom is -0.449 e. The highest BCUT2D eigenvalue weighted by molar-refractivity contribution is 6.18. The van der Waals surface area contributed by atoms with E-state index in [1.807, 2.05) is 13.8 Å². The van der Waals surface area contributed by atoms with Crippen molar-refractivity contribution in [3.05, 3.63) is 0 Å². The van der Waals surface area contributed by atoms with Gasteiger partial charge in [0.25, 0.3) is 0 Å². The molecule has 4 heteroatoms. The summed E-state index contributed by atoms with van der Waals surface area (Å²) >= 11 is 5.50. The van der Waals surface area contributed by atoms with E-state index in [1.54, 1.807) is 0 Å². The van der Waals surface area contributed by atoms with Gasteiger partial charge in [-0.3, -0.25) is 4.90 Å². The molecule has 0 aliphatic heterocycles. The number of carbonyl (C=O) groups is 1. The fourth-order valence-electron chi connectivity index (χ4n) is 0.658. The lowest BCUT2D eigenvalue weighted by atomic mass is 10.4. The first kappa shape index (κ1) is 11.6. The highest BCUT2D eigenvalue weighted by Crippen LogP contribution is 1.97. The van der Waals surface area contributed by atoms with Crippen molar-refractivity contribution in [3.63, 3.8) is 0 Å². The number of carbonyl (C=O) groups excluding carboxylic acids is 1. The summed E-state index contributed by atoms with van der Waals surface area (Å²) in [5.74, 6) is 0. The summed E-state index contributed by atoms with van der Waals surface area (Å²) in [5, 5.41) is 0. The van der Waals surface area contributed by atoms with Gasteiger partial charge in [-0.05, 0) is 13.3 Å². The highest BCUT2D eigenvalue weighted by atomic mass is 35.5. The van der Waals surface area contributed by atoms with Gasteiger partial charge in [0.1, 0.15) is 0 Å². The number of hydrogen-bond acceptors (Lipinski definition) is 2. The van der Waals surface area contributed by atoms with Gasteiger partial charge in [0.2, 0.25) is 0 Å². The van der Waals surface area contributed by atoms with Crippen molar-refractivity contribution in [2.24, 2.45) is 0 Å². The van der Waals surface area contributed by atoms with Crippen molar-refractivity contribution in [3.8, 4) is 0 Å². The lowest BCUT2D eigenvalue weighted by molar-refractivity contribution is 0.109. The molecule has 0 saturated heterocycles. The van der Waals surface area contributed by atoms with Gasteiger partial charge >= 0.3 is 6.09 Å². The molecule has 72 valence electrons. The van der Waals surface area contributed by atoms with Crippen LogP contribution in [0.15, 0.2) is 0 Å². The van der Waals surface area contributed by atoms with Crippen LogP contribution in [-0.2, 0) is 4.74 Å². The lowest BCUT2D eigenvalue weighted by Gasteiger charge is -2.16. The van der Waals surface area contributed by atoms with Gasteiger partial charge < -0.3 is 4.74 Å². The molecule has 0 aromatic carbocycles. The van der Waals surface area contributed by atoms with Gasteiger partial charge in [-0.25, -0.2) is 4.79 Å². The first-order valence-electron chi connectivity index (χ1n) is 4.23. The summed E-state index contributed by atoms with van der Waals surface area (Å²) in [7, 11) is 0. The fraction of sp³-hybridized carbons (Fsp3) is 0.875. The standard InChI is InChI=1S/C8H16ClNO2/c1-3-5-6-12-8(11)10(4-2)7-9/h3-7H2,1-2H3. The van der Waals surface area contributed by atoms with Crippen molar-refractivity contribution in [1.29, 1.82) is 0 Å². The Labute approximate surface area is 78.6 Å². The number of hydrogen-bond donors (Lipinski definition) is 0. The topological polar surface area (TPSA) is 29.5 Å². The molecular weight excluding hydrogens is 178 g/mol. The summed E-state index contributed by atoms with van der Waals surface area (Å²) in [6, 6.07) is 0.196. The molecule has 0 bridgehead atoms. The summed E-state index contributed by atoms with van der Waals surface area (Å²) in [5.41, 5.74) is 0. The van der Waals surface area contributed by atoms with Gasteiger partial charge in [-0.2, -0.15) is 0 Å². The zero-order valence-corrected chi connectivity index (χ0v) is 8.43. The molecule has 0 saturated carbocycles. The second-order valence-corrected chi connectivity index (χ2v) is 2.68. The normalized spacial score (nSPS) is 9.58. The Kier molecular flexibility index (Phi) is 6.96. The zero-order valence-electron chi connectivity index (χ0n) is 7.68. The van der Waals surface area contributed by atoms with Crippen LogP contribution in [0.2, 0.25) is 0 Å². The molecule has 0 N–H and O–H groups in total. The van der Waals surface area contributed by atoms with Crippen molar-refractivity contribution < 1.29 is 9.53 Å². The molecule has 0 aromatic rings. The van der Waals surface area contributed by atoms with Crippen LogP contribution in [0.5, 0.6) is 0 Å². The van der Waals surface area contributed by atoms with E-state index in [2.05, 4.69) is 0 Å². The Morgan fingerprint density at radius 2 is 2.17 bits per heavy atom. The number of alkyl halides is 1. The van der Waals surface area contributed by atoms with Crippen LogP contribution in [0.4, 0.5) is 4.79 Å². The van der Waals surface area contributed by atoms with Crippen LogP contribution in [0.3, 0.4) is 0 Å². The maximum atomic E-state index is 11.1. The molecule has 0 fully saturated rings. The first-order valence-corrected chi connectivity index (χ1v) is 4.77. The van der Waals surface area contributed by atoms with Crippen molar-refractivity contribution in [1.82, 2.24) is 4.90 Å². The Bertz CT molecular complexity index is 126. The molecule has 0 aromatic heterocycles. The molecule has 0 aliphatic rings. The largest absolute Gasteiger partial charge is 0.449 e. The minimum atomic E-state index is -0.319. The van der Waals surface area contributed by atoms with E-state index in [1.165, 1.54) is 4.90 Å². The molecule has 1 amide bonds. The monoisotopic (exact) mass is 193 g/mol.